The van der Waals surface area contributed by atoms with Crippen molar-refractivity contribution in [1.29, 1.82) is 0 Å². The Balaban J connectivity index is 2.39. The highest BCUT2D eigenvalue weighted by Crippen LogP contribution is 1.86. The topological polar surface area (TPSA) is 45.6 Å². The number of nitrogens with zero attached hydrogens (tertiary/aromatic N) is 2. The molecular formula is C6H12N4S. The Morgan fingerprint density at radius 2 is 2.64 bits per heavy atom. The zero-order chi connectivity index (χ0) is 8.10. The smallest absolute Gasteiger partial charge is 0.214 e. The van der Waals surface area contributed by atoms with Crippen molar-refractivity contribution >= 4 is 12.2 Å². The minimum atomic E-state index is 0.612. The molecule has 0 atom stereocenters. The molecule has 2 N–H and O–H groups in total. The van der Waals surface area contributed by atoms with E-state index in [1.165, 1.54) is 6.42 Å². The van der Waals surface area contributed by atoms with Gasteiger partial charge >= 0.3 is 0 Å². The first-order valence-electron chi connectivity index (χ1n) is 3.70. The molecule has 0 aromatic carbocycles. The zero-order valence-electron chi connectivity index (χ0n) is 6.50. The fraction of sp³-hybridized carbons (Fsp3) is 0.667. The molecule has 1 aromatic heterocycles. The lowest BCUT2D eigenvalue weighted by Gasteiger charge is -2.03. The van der Waals surface area contributed by atoms with E-state index in [1.54, 1.807) is 11.0 Å². The van der Waals surface area contributed by atoms with Crippen molar-refractivity contribution in [2.24, 2.45) is 0 Å². The molecule has 1 rings (SSSR count). The van der Waals surface area contributed by atoms with Crippen LogP contribution in [-0.2, 0) is 0 Å². The van der Waals surface area contributed by atoms with E-state index in [0.717, 1.165) is 13.0 Å². The molecule has 0 fully saturated rings. The van der Waals surface area contributed by atoms with E-state index in [0.29, 0.717) is 4.77 Å². The molecule has 0 amide bonds. The third-order valence-electron chi connectivity index (χ3n) is 1.36. The number of aromatic amines is 1. The largest absolute Gasteiger partial charge is 0.322 e. The molecule has 0 bridgehead atoms. The zero-order valence-corrected chi connectivity index (χ0v) is 7.32. The van der Waals surface area contributed by atoms with Gasteiger partial charge in [0.05, 0.1) is 0 Å². The van der Waals surface area contributed by atoms with E-state index in [9.17, 15) is 0 Å². The lowest BCUT2D eigenvalue weighted by Crippen LogP contribution is -2.14. The number of rotatable bonds is 4. The van der Waals surface area contributed by atoms with E-state index >= 15 is 0 Å². The van der Waals surface area contributed by atoms with Gasteiger partial charge in [0.2, 0.25) is 4.77 Å². The Bertz CT molecular complexity index is 251. The fourth-order valence-electron chi connectivity index (χ4n) is 0.737. The minimum Gasteiger partial charge on any atom is -0.322 e. The second kappa shape index (κ2) is 4.12. The van der Waals surface area contributed by atoms with Crippen molar-refractivity contribution in [3.63, 3.8) is 0 Å². The van der Waals surface area contributed by atoms with Crippen LogP contribution >= 0.6 is 12.2 Å². The van der Waals surface area contributed by atoms with Gasteiger partial charge in [-0.1, -0.05) is 13.3 Å². The molecule has 0 radical (unpaired) electrons. The fourth-order valence-corrected chi connectivity index (χ4v) is 0.901. The van der Waals surface area contributed by atoms with Gasteiger partial charge in [0, 0.05) is 6.54 Å². The number of H-pyrrole nitrogens is 1. The van der Waals surface area contributed by atoms with Gasteiger partial charge in [0.15, 0.2) is 0 Å². The maximum atomic E-state index is 4.92. The van der Waals surface area contributed by atoms with Gasteiger partial charge < -0.3 is 5.43 Å². The van der Waals surface area contributed by atoms with Gasteiger partial charge in [-0.25, -0.2) is 4.68 Å². The summed E-state index contributed by atoms with van der Waals surface area (Å²) in [5, 5.41) is 6.43. The summed E-state index contributed by atoms with van der Waals surface area (Å²) in [5.41, 5.74) is 3.11. The standard InChI is InChI=1S/C6H12N4S/c1-2-3-4-8-10-5-7-9-6(10)11/h5,8H,2-4H2,1H3,(H,9,11). The molecule has 0 saturated heterocycles. The molecule has 0 aliphatic rings. The summed E-state index contributed by atoms with van der Waals surface area (Å²) in [4.78, 5) is 0. The van der Waals surface area contributed by atoms with Crippen molar-refractivity contribution < 1.29 is 0 Å². The predicted molar refractivity (Wildman–Crippen MR) is 46.5 cm³/mol. The van der Waals surface area contributed by atoms with Crippen molar-refractivity contribution in [2.45, 2.75) is 19.8 Å². The second-order valence-corrected chi connectivity index (χ2v) is 2.68. The normalized spacial score (nSPS) is 9.91. The molecular weight excluding hydrogens is 160 g/mol. The van der Waals surface area contributed by atoms with Crippen LogP contribution in [0.15, 0.2) is 6.33 Å². The van der Waals surface area contributed by atoms with Gasteiger partial charge in [-0.2, -0.15) is 5.10 Å². The first-order valence-corrected chi connectivity index (χ1v) is 4.11. The van der Waals surface area contributed by atoms with Crippen LogP contribution in [0.4, 0.5) is 0 Å². The lowest BCUT2D eigenvalue weighted by molar-refractivity contribution is 0.745. The summed E-state index contributed by atoms with van der Waals surface area (Å²) >= 11 is 4.92. The van der Waals surface area contributed by atoms with Gasteiger partial charge in [0.25, 0.3) is 0 Å². The summed E-state index contributed by atoms with van der Waals surface area (Å²) < 4.78 is 2.33. The SMILES string of the molecule is CCCCNn1cn[nH]c1=S. The van der Waals surface area contributed by atoms with Crippen molar-refractivity contribution in [2.75, 3.05) is 12.0 Å². The van der Waals surface area contributed by atoms with Crippen LogP contribution in [-0.4, -0.2) is 21.4 Å². The number of nitrogens with one attached hydrogen (secondary N) is 2. The van der Waals surface area contributed by atoms with Gasteiger partial charge in [-0.15, -0.1) is 0 Å². The molecule has 11 heavy (non-hydrogen) atoms. The lowest BCUT2D eigenvalue weighted by atomic mass is 10.3. The average molecular weight is 172 g/mol. The van der Waals surface area contributed by atoms with Gasteiger partial charge in [-0.3, -0.25) is 5.10 Å². The molecule has 1 aromatic rings. The van der Waals surface area contributed by atoms with Crippen LogP contribution in [0.3, 0.4) is 0 Å². The highest BCUT2D eigenvalue weighted by molar-refractivity contribution is 7.71. The molecule has 0 aliphatic carbocycles. The molecule has 0 unspecified atom stereocenters. The number of unbranched alkanes of at least 4 members (excludes halogenated alkanes) is 1. The van der Waals surface area contributed by atoms with Crippen LogP contribution in [0.1, 0.15) is 19.8 Å². The molecule has 0 saturated carbocycles. The van der Waals surface area contributed by atoms with E-state index in [2.05, 4.69) is 22.5 Å². The summed E-state index contributed by atoms with van der Waals surface area (Å²) in [6, 6.07) is 0. The van der Waals surface area contributed by atoms with Crippen LogP contribution in [0, 0.1) is 4.77 Å². The number of hydrogen-bond acceptors (Lipinski definition) is 3. The number of aromatic nitrogens is 3. The Hall–Kier alpha value is -0.840. The van der Waals surface area contributed by atoms with Crippen molar-refractivity contribution in [1.82, 2.24) is 14.9 Å². The van der Waals surface area contributed by atoms with E-state index < -0.39 is 0 Å². The quantitative estimate of drug-likeness (QED) is 0.531. The van der Waals surface area contributed by atoms with Crippen LogP contribution in [0.25, 0.3) is 0 Å². The maximum absolute atomic E-state index is 4.92. The monoisotopic (exact) mass is 172 g/mol. The molecule has 62 valence electrons. The summed E-state index contributed by atoms with van der Waals surface area (Å²) in [6.07, 6.45) is 3.96. The van der Waals surface area contributed by atoms with Crippen molar-refractivity contribution in [3.8, 4) is 0 Å². The first-order chi connectivity index (χ1) is 5.34. The van der Waals surface area contributed by atoms with E-state index in [4.69, 9.17) is 12.2 Å². The minimum absolute atomic E-state index is 0.612. The molecule has 4 nitrogen and oxygen atoms in total. The highest BCUT2D eigenvalue weighted by Gasteiger charge is 1.89. The Kier molecular flexibility index (Phi) is 3.10. The highest BCUT2D eigenvalue weighted by atomic mass is 32.1. The van der Waals surface area contributed by atoms with Crippen LogP contribution in [0.2, 0.25) is 0 Å². The van der Waals surface area contributed by atoms with Crippen LogP contribution < -0.4 is 5.43 Å². The summed E-state index contributed by atoms with van der Waals surface area (Å²) in [6.45, 7) is 3.08. The third kappa shape index (κ3) is 2.34. The van der Waals surface area contributed by atoms with E-state index in [-0.39, 0.29) is 0 Å². The molecule has 5 heteroatoms. The van der Waals surface area contributed by atoms with E-state index in [1.807, 2.05) is 0 Å². The molecule has 0 aliphatic heterocycles. The second-order valence-electron chi connectivity index (χ2n) is 2.29. The average Bonchev–Trinajstić information content (AvgIpc) is 2.37. The Morgan fingerprint density at radius 1 is 1.82 bits per heavy atom. The summed E-state index contributed by atoms with van der Waals surface area (Å²) in [7, 11) is 0. The summed E-state index contributed by atoms with van der Waals surface area (Å²) in [5.74, 6) is 0. The molecule has 1 heterocycles. The van der Waals surface area contributed by atoms with Crippen molar-refractivity contribution in [3.05, 3.63) is 11.1 Å². The Labute approximate surface area is 70.6 Å². The Morgan fingerprint density at radius 3 is 3.18 bits per heavy atom. The predicted octanol–water partition coefficient (Wildman–Crippen LogP) is 1.28. The maximum Gasteiger partial charge on any atom is 0.214 e. The van der Waals surface area contributed by atoms with Gasteiger partial charge in [-0.05, 0) is 18.6 Å². The molecule has 0 spiro atoms. The third-order valence-corrected chi connectivity index (χ3v) is 1.65. The van der Waals surface area contributed by atoms with Gasteiger partial charge in [0.1, 0.15) is 6.33 Å². The number of hydrogen-bond donors (Lipinski definition) is 2. The van der Waals surface area contributed by atoms with Crippen LogP contribution in [0.5, 0.6) is 0 Å². The first kappa shape index (κ1) is 8.26.